The lowest BCUT2D eigenvalue weighted by Gasteiger charge is -2.07. The van der Waals surface area contributed by atoms with E-state index >= 15 is 0 Å². The molecule has 0 saturated carbocycles. The Kier molecular flexibility index (Phi) is 6.74. The number of benzene rings is 1. The van der Waals surface area contributed by atoms with E-state index in [9.17, 15) is 14.4 Å². The minimum atomic E-state index is -0.936. The molecule has 3 aromatic rings. The van der Waals surface area contributed by atoms with Crippen molar-refractivity contribution < 1.29 is 18.8 Å². The molecule has 0 atom stereocenters. The highest BCUT2D eigenvalue weighted by atomic mass is 32.1. The van der Waals surface area contributed by atoms with E-state index in [1.807, 2.05) is 24.3 Å². The number of furan rings is 1. The Labute approximate surface area is 165 Å². The Morgan fingerprint density at radius 3 is 2.64 bits per heavy atom. The fourth-order valence-electron chi connectivity index (χ4n) is 2.50. The second kappa shape index (κ2) is 9.65. The summed E-state index contributed by atoms with van der Waals surface area (Å²) in [5.41, 5.74) is 5.33. The van der Waals surface area contributed by atoms with E-state index in [1.165, 1.54) is 6.26 Å². The van der Waals surface area contributed by atoms with Crippen molar-refractivity contribution >= 4 is 39.3 Å². The number of carbonyl (C=O) groups is 3. The maximum atomic E-state index is 11.8. The van der Waals surface area contributed by atoms with Gasteiger partial charge in [-0.15, -0.1) is 11.3 Å². The van der Waals surface area contributed by atoms with Gasteiger partial charge in [-0.2, -0.15) is 0 Å². The Morgan fingerprint density at radius 2 is 1.86 bits per heavy atom. The SMILES string of the molecule is O=C(CCCCc1nc2ccccc2s1)NNC(=O)C(=O)NCc1ccco1. The van der Waals surface area contributed by atoms with Crippen molar-refractivity contribution in [3.8, 4) is 0 Å². The molecule has 3 N–H and O–H groups in total. The van der Waals surface area contributed by atoms with Gasteiger partial charge < -0.3 is 9.73 Å². The highest BCUT2D eigenvalue weighted by Gasteiger charge is 2.14. The summed E-state index contributed by atoms with van der Waals surface area (Å²) >= 11 is 1.66. The number of thiazole rings is 1. The van der Waals surface area contributed by atoms with Gasteiger partial charge in [-0.05, 0) is 43.5 Å². The van der Waals surface area contributed by atoms with Crippen LogP contribution in [0.5, 0.6) is 0 Å². The quantitative estimate of drug-likeness (QED) is 0.319. The van der Waals surface area contributed by atoms with Crippen LogP contribution in [0.4, 0.5) is 0 Å². The summed E-state index contributed by atoms with van der Waals surface area (Å²) in [5, 5.41) is 3.43. The third-order valence-corrected chi connectivity index (χ3v) is 5.00. The van der Waals surface area contributed by atoms with E-state index in [4.69, 9.17) is 4.42 Å². The Morgan fingerprint density at radius 1 is 1.00 bits per heavy atom. The molecule has 3 amide bonds. The molecule has 0 aliphatic heterocycles. The molecule has 0 fully saturated rings. The maximum absolute atomic E-state index is 11.8. The molecule has 2 aromatic heterocycles. The van der Waals surface area contributed by atoms with Gasteiger partial charge in [0.15, 0.2) is 0 Å². The van der Waals surface area contributed by atoms with Crippen molar-refractivity contribution in [1.29, 1.82) is 0 Å². The van der Waals surface area contributed by atoms with E-state index in [-0.39, 0.29) is 18.9 Å². The Balaban J connectivity index is 1.29. The summed E-state index contributed by atoms with van der Waals surface area (Å²) in [5.74, 6) is -1.61. The fraction of sp³-hybridized carbons (Fsp3) is 0.263. The van der Waals surface area contributed by atoms with Crippen molar-refractivity contribution in [3.05, 3.63) is 53.4 Å². The van der Waals surface area contributed by atoms with Crippen molar-refractivity contribution in [1.82, 2.24) is 21.2 Å². The lowest BCUT2D eigenvalue weighted by molar-refractivity contribution is -0.141. The first-order valence-electron chi connectivity index (χ1n) is 8.85. The molecule has 0 unspecified atom stereocenters. The monoisotopic (exact) mass is 400 g/mol. The number of rotatable bonds is 7. The first-order chi connectivity index (χ1) is 13.6. The van der Waals surface area contributed by atoms with Gasteiger partial charge >= 0.3 is 11.8 Å². The van der Waals surface area contributed by atoms with Crippen LogP contribution in [0, 0.1) is 0 Å². The van der Waals surface area contributed by atoms with E-state index in [0.717, 1.165) is 28.1 Å². The summed E-state index contributed by atoms with van der Waals surface area (Å²) in [6, 6.07) is 11.3. The summed E-state index contributed by atoms with van der Waals surface area (Å²) < 4.78 is 6.20. The van der Waals surface area contributed by atoms with E-state index in [0.29, 0.717) is 12.2 Å². The predicted octanol–water partition coefficient (Wildman–Crippen LogP) is 2.07. The fourth-order valence-corrected chi connectivity index (χ4v) is 3.50. The van der Waals surface area contributed by atoms with E-state index in [2.05, 4.69) is 21.2 Å². The van der Waals surface area contributed by atoms with Crippen molar-refractivity contribution in [2.45, 2.75) is 32.2 Å². The number of nitrogens with zero attached hydrogens (tertiary/aromatic N) is 1. The average Bonchev–Trinajstić information content (AvgIpc) is 3.36. The summed E-state index contributed by atoms with van der Waals surface area (Å²) in [6.45, 7) is 0.0962. The molecule has 0 saturated heterocycles. The number of hydrazine groups is 1. The molecule has 2 heterocycles. The third-order valence-electron chi connectivity index (χ3n) is 3.91. The minimum absolute atomic E-state index is 0.0962. The van der Waals surface area contributed by atoms with Gasteiger partial charge in [-0.3, -0.25) is 25.2 Å². The minimum Gasteiger partial charge on any atom is -0.467 e. The van der Waals surface area contributed by atoms with Gasteiger partial charge in [0.2, 0.25) is 5.91 Å². The zero-order valence-corrected chi connectivity index (χ0v) is 15.9. The molecule has 0 radical (unpaired) electrons. The van der Waals surface area contributed by atoms with Crippen molar-refractivity contribution in [2.24, 2.45) is 0 Å². The number of aromatic nitrogens is 1. The number of aryl methyl sites for hydroxylation is 1. The standard InChI is InChI=1S/C19H20N4O4S/c24-16(22-23-19(26)18(25)20-12-13-6-5-11-27-13)9-3-4-10-17-21-14-7-1-2-8-15(14)28-17/h1-2,5-8,11H,3-4,9-10,12H2,(H,20,25)(H,22,24)(H,23,26). The lowest BCUT2D eigenvalue weighted by atomic mass is 10.2. The number of fused-ring (bicyclic) bond motifs is 1. The topological polar surface area (TPSA) is 113 Å². The Bertz CT molecular complexity index is 919. The zero-order chi connectivity index (χ0) is 19.8. The molecule has 3 rings (SSSR count). The molecular formula is C19H20N4O4S. The van der Waals surface area contributed by atoms with E-state index in [1.54, 1.807) is 23.5 Å². The molecular weight excluding hydrogens is 380 g/mol. The number of nitrogens with one attached hydrogen (secondary N) is 3. The zero-order valence-electron chi connectivity index (χ0n) is 15.1. The van der Waals surface area contributed by atoms with Crippen LogP contribution in [0.2, 0.25) is 0 Å². The average molecular weight is 400 g/mol. The summed E-state index contributed by atoms with van der Waals surface area (Å²) in [4.78, 5) is 39.6. The summed E-state index contributed by atoms with van der Waals surface area (Å²) in [7, 11) is 0. The lowest BCUT2D eigenvalue weighted by Crippen LogP contribution is -2.48. The first kappa shape index (κ1) is 19.6. The summed E-state index contributed by atoms with van der Waals surface area (Å²) in [6.07, 6.45) is 3.99. The van der Waals surface area contributed by atoms with Crippen LogP contribution in [0.3, 0.4) is 0 Å². The molecule has 28 heavy (non-hydrogen) atoms. The van der Waals surface area contributed by atoms with Crippen molar-refractivity contribution in [2.75, 3.05) is 0 Å². The number of hydrogen-bond acceptors (Lipinski definition) is 6. The number of unbranched alkanes of at least 4 members (excludes halogenated alkanes) is 1. The highest BCUT2D eigenvalue weighted by Crippen LogP contribution is 2.22. The number of amides is 3. The van der Waals surface area contributed by atoms with Crippen LogP contribution in [-0.2, 0) is 27.3 Å². The third kappa shape index (κ3) is 5.65. The van der Waals surface area contributed by atoms with Crippen LogP contribution in [0.1, 0.15) is 30.0 Å². The Hall–Kier alpha value is -3.20. The van der Waals surface area contributed by atoms with Gasteiger partial charge in [0, 0.05) is 6.42 Å². The number of para-hydroxylation sites is 1. The van der Waals surface area contributed by atoms with Crippen LogP contribution < -0.4 is 16.2 Å². The van der Waals surface area contributed by atoms with Crippen LogP contribution >= 0.6 is 11.3 Å². The van der Waals surface area contributed by atoms with Crippen molar-refractivity contribution in [3.63, 3.8) is 0 Å². The molecule has 0 spiro atoms. The predicted molar refractivity (Wildman–Crippen MR) is 104 cm³/mol. The van der Waals surface area contributed by atoms with Gasteiger partial charge in [0.25, 0.3) is 0 Å². The molecule has 0 aliphatic rings. The number of carbonyl (C=O) groups excluding carboxylic acids is 3. The molecule has 8 nitrogen and oxygen atoms in total. The second-order valence-corrected chi connectivity index (χ2v) is 7.16. The van der Waals surface area contributed by atoms with E-state index < -0.39 is 11.8 Å². The molecule has 9 heteroatoms. The van der Waals surface area contributed by atoms with Crippen LogP contribution in [-0.4, -0.2) is 22.7 Å². The van der Waals surface area contributed by atoms with Gasteiger partial charge in [-0.1, -0.05) is 12.1 Å². The second-order valence-electron chi connectivity index (χ2n) is 6.05. The van der Waals surface area contributed by atoms with Crippen LogP contribution in [0.15, 0.2) is 47.1 Å². The van der Waals surface area contributed by atoms with Gasteiger partial charge in [0.05, 0.1) is 28.0 Å². The smallest absolute Gasteiger partial charge is 0.327 e. The van der Waals surface area contributed by atoms with Gasteiger partial charge in [0.1, 0.15) is 5.76 Å². The number of hydrogen-bond donors (Lipinski definition) is 3. The highest BCUT2D eigenvalue weighted by molar-refractivity contribution is 7.18. The maximum Gasteiger partial charge on any atom is 0.327 e. The van der Waals surface area contributed by atoms with Gasteiger partial charge in [-0.25, -0.2) is 4.98 Å². The molecule has 1 aromatic carbocycles. The van der Waals surface area contributed by atoms with Crippen LogP contribution in [0.25, 0.3) is 10.2 Å². The molecule has 0 aliphatic carbocycles. The first-order valence-corrected chi connectivity index (χ1v) is 9.67. The molecule has 0 bridgehead atoms. The normalized spacial score (nSPS) is 10.6. The molecule has 146 valence electrons. The largest absolute Gasteiger partial charge is 0.467 e.